The largest absolute Gasteiger partial charge is 0.508 e. The minimum atomic E-state index is -0.712. The first kappa shape index (κ1) is 10.5. The number of esters is 1. The number of hydrogen-bond acceptors (Lipinski definition) is 4. The molecule has 0 aliphatic rings. The number of hydrogen-bond donors (Lipinski definition) is 2. The monoisotopic (exact) mass is 196 g/mol. The molecule has 0 amide bonds. The van der Waals surface area contributed by atoms with Crippen molar-refractivity contribution in [2.24, 2.45) is 0 Å². The molecule has 0 aromatic heterocycles. The summed E-state index contributed by atoms with van der Waals surface area (Å²) >= 11 is 0. The van der Waals surface area contributed by atoms with Gasteiger partial charge in [0.2, 0.25) is 0 Å². The van der Waals surface area contributed by atoms with E-state index < -0.39 is 12.1 Å². The number of phenols is 1. The molecule has 0 radical (unpaired) electrons. The molecule has 14 heavy (non-hydrogen) atoms. The Hall–Kier alpha value is -1.55. The van der Waals surface area contributed by atoms with Crippen LogP contribution in [0.15, 0.2) is 18.2 Å². The van der Waals surface area contributed by atoms with Crippen molar-refractivity contribution in [2.45, 2.75) is 20.0 Å². The number of aromatic hydroxyl groups is 1. The summed E-state index contributed by atoms with van der Waals surface area (Å²) in [4.78, 5) is 10.6. The van der Waals surface area contributed by atoms with Gasteiger partial charge in [-0.1, -0.05) is 0 Å². The maximum absolute atomic E-state index is 10.6. The summed E-state index contributed by atoms with van der Waals surface area (Å²) in [6.07, 6.45) is -0.712. The average Bonchev–Trinajstić information content (AvgIpc) is 2.01. The van der Waals surface area contributed by atoms with E-state index in [1.165, 1.54) is 25.1 Å². The molecular formula is C10H12O4. The van der Waals surface area contributed by atoms with E-state index >= 15 is 0 Å². The first-order valence-electron chi connectivity index (χ1n) is 4.19. The number of phenolic OH excluding ortho intramolecular Hbond substituents is 1. The first-order chi connectivity index (χ1) is 6.49. The molecule has 4 nitrogen and oxygen atoms in total. The Morgan fingerprint density at radius 2 is 2.07 bits per heavy atom. The van der Waals surface area contributed by atoms with Crippen LogP contribution in [0, 0.1) is 0 Å². The topological polar surface area (TPSA) is 66.8 Å². The van der Waals surface area contributed by atoms with Crippen LogP contribution in [0.3, 0.4) is 0 Å². The summed E-state index contributed by atoms with van der Waals surface area (Å²) in [6.45, 7) is 2.83. The SMILES string of the molecule is CC(=O)Oc1cc(O)cc(C(C)O)c1. The predicted octanol–water partition coefficient (Wildman–Crippen LogP) is 1.37. The van der Waals surface area contributed by atoms with Crippen LogP contribution in [-0.2, 0) is 4.79 Å². The minimum absolute atomic E-state index is 0.0420. The third kappa shape index (κ3) is 2.74. The highest BCUT2D eigenvalue weighted by Gasteiger charge is 2.06. The molecule has 0 saturated carbocycles. The lowest BCUT2D eigenvalue weighted by Crippen LogP contribution is -2.02. The van der Waals surface area contributed by atoms with Gasteiger partial charge in [0.25, 0.3) is 0 Å². The molecule has 4 heteroatoms. The maximum Gasteiger partial charge on any atom is 0.308 e. The van der Waals surface area contributed by atoms with Gasteiger partial charge in [0, 0.05) is 13.0 Å². The van der Waals surface area contributed by atoms with E-state index in [1.54, 1.807) is 6.92 Å². The van der Waals surface area contributed by atoms with Crippen molar-refractivity contribution in [1.29, 1.82) is 0 Å². The zero-order valence-electron chi connectivity index (χ0n) is 8.02. The van der Waals surface area contributed by atoms with Crippen LogP contribution in [0.5, 0.6) is 11.5 Å². The Morgan fingerprint density at radius 1 is 1.43 bits per heavy atom. The van der Waals surface area contributed by atoms with Crippen LogP contribution in [0.2, 0.25) is 0 Å². The number of aliphatic hydroxyl groups is 1. The van der Waals surface area contributed by atoms with E-state index in [1.807, 2.05) is 0 Å². The highest BCUT2D eigenvalue weighted by atomic mass is 16.5. The van der Waals surface area contributed by atoms with Crippen molar-refractivity contribution in [3.8, 4) is 11.5 Å². The summed E-state index contributed by atoms with van der Waals surface area (Å²) in [7, 11) is 0. The van der Waals surface area contributed by atoms with Gasteiger partial charge in [-0.2, -0.15) is 0 Å². The molecular weight excluding hydrogens is 184 g/mol. The quantitative estimate of drug-likeness (QED) is 0.553. The van der Waals surface area contributed by atoms with E-state index in [9.17, 15) is 15.0 Å². The summed E-state index contributed by atoms with van der Waals surface area (Å²) in [6, 6.07) is 4.23. The normalized spacial score (nSPS) is 12.2. The molecule has 0 bridgehead atoms. The summed E-state index contributed by atoms with van der Waals surface area (Å²) < 4.78 is 4.78. The van der Waals surface area contributed by atoms with E-state index in [2.05, 4.69) is 0 Å². The molecule has 1 aromatic rings. The van der Waals surface area contributed by atoms with Gasteiger partial charge >= 0.3 is 5.97 Å². The fourth-order valence-corrected chi connectivity index (χ4v) is 1.07. The van der Waals surface area contributed by atoms with Crippen LogP contribution < -0.4 is 4.74 Å². The molecule has 1 unspecified atom stereocenters. The second kappa shape index (κ2) is 4.11. The van der Waals surface area contributed by atoms with Gasteiger partial charge < -0.3 is 14.9 Å². The number of carbonyl (C=O) groups is 1. The van der Waals surface area contributed by atoms with Crippen LogP contribution in [0.4, 0.5) is 0 Å². The fourth-order valence-electron chi connectivity index (χ4n) is 1.07. The maximum atomic E-state index is 10.6. The fraction of sp³-hybridized carbons (Fsp3) is 0.300. The van der Waals surface area contributed by atoms with Crippen LogP contribution in [0.1, 0.15) is 25.5 Å². The second-order valence-corrected chi connectivity index (χ2v) is 3.03. The number of aliphatic hydroxyl groups excluding tert-OH is 1. The number of rotatable bonds is 2. The zero-order chi connectivity index (χ0) is 10.7. The number of ether oxygens (including phenoxy) is 1. The van der Waals surface area contributed by atoms with E-state index in [0.29, 0.717) is 5.56 Å². The molecule has 0 aliphatic carbocycles. The Bertz CT molecular complexity index is 344. The van der Waals surface area contributed by atoms with Crippen molar-refractivity contribution >= 4 is 5.97 Å². The highest BCUT2D eigenvalue weighted by molar-refractivity contribution is 5.69. The lowest BCUT2D eigenvalue weighted by Gasteiger charge is -2.08. The molecule has 1 rings (SSSR count). The van der Waals surface area contributed by atoms with Gasteiger partial charge in [-0.25, -0.2) is 0 Å². The number of benzene rings is 1. The lowest BCUT2D eigenvalue weighted by atomic mass is 10.1. The van der Waals surface area contributed by atoms with Crippen LogP contribution in [-0.4, -0.2) is 16.2 Å². The van der Waals surface area contributed by atoms with Crippen molar-refractivity contribution in [1.82, 2.24) is 0 Å². The van der Waals surface area contributed by atoms with Crippen molar-refractivity contribution in [3.05, 3.63) is 23.8 Å². The lowest BCUT2D eigenvalue weighted by molar-refractivity contribution is -0.131. The van der Waals surface area contributed by atoms with Crippen molar-refractivity contribution in [2.75, 3.05) is 0 Å². The zero-order valence-corrected chi connectivity index (χ0v) is 8.02. The average molecular weight is 196 g/mol. The van der Waals surface area contributed by atoms with Gasteiger partial charge in [0.15, 0.2) is 0 Å². The van der Waals surface area contributed by atoms with Gasteiger partial charge in [-0.3, -0.25) is 4.79 Å². The van der Waals surface area contributed by atoms with Gasteiger partial charge in [-0.15, -0.1) is 0 Å². The summed E-state index contributed by atoms with van der Waals surface area (Å²) in [5.41, 5.74) is 0.501. The molecule has 0 saturated heterocycles. The minimum Gasteiger partial charge on any atom is -0.508 e. The molecule has 0 heterocycles. The highest BCUT2D eigenvalue weighted by Crippen LogP contribution is 2.25. The molecule has 2 N–H and O–H groups in total. The second-order valence-electron chi connectivity index (χ2n) is 3.03. The number of carbonyl (C=O) groups excluding carboxylic acids is 1. The Kier molecular flexibility index (Phi) is 3.09. The Labute approximate surface area is 81.8 Å². The molecule has 76 valence electrons. The Morgan fingerprint density at radius 3 is 2.57 bits per heavy atom. The molecule has 0 aliphatic heterocycles. The van der Waals surface area contributed by atoms with Gasteiger partial charge in [0.05, 0.1) is 6.10 Å². The Balaban J connectivity index is 3.01. The standard InChI is InChI=1S/C10H12O4/c1-6(11)8-3-9(13)5-10(4-8)14-7(2)12/h3-6,11,13H,1-2H3. The van der Waals surface area contributed by atoms with E-state index in [0.717, 1.165) is 0 Å². The molecule has 0 fully saturated rings. The van der Waals surface area contributed by atoms with Crippen LogP contribution >= 0.6 is 0 Å². The van der Waals surface area contributed by atoms with Gasteiger partial charge in [0.1, 0.15) is 11.5 Å². The van der Waals surface area contributed by atoms with E-state index in [-0.39, 0.29) is 11.5 Å². The molecule has 1 aromatic carbocycles. The third-order valence-electron chi connectivity index (χ3n) is 1.66. The summed E-state index contributed by atoms with van der Waals surface area (Å²) in [5.74, 6) is -0.278. The van der Waals surface area contributed by atoms with Crippen LogP contribution in [0.25, 0.3) is 0 Å². The van der Waals surface area contributed by atoms with Crippen molar-refractivity contribution < 1.29 is 19.7 Å². The smallest absolute Gasteiger partial charge is 0.308 e. The molecule has 1 atom stereocenters. The summed E-state index contributed by atoms with van der Waals surface area (Å²) in [5, 5.41) is 18.5. The predicted molar refractivity (Wildman–Crippen MR) is 50.0 cm³/mol. The van der Waals surface area contributed by atoms with Crippen molar-refractivity contribution in [3.63, 3.8) is 0 Å². The third-order valence-corrected chi connectivity index (χ3v) is 1.66. The first-order valence-corrected chi connectivity index (χ1v) is 4.19. The molecule has 0 spiro atoms. The van der Waals surface area contributed by atoms with E-state index in [4.69, 9.17) is 4.74 Å². The van der Waals surface area contributed by atoms with Gasteiger partial charge in [-0.05, 0) is 24.6 Å².